The Labute approximate surface area is 208 Å². The molecule has 7 heteroatoms. The number of carbonyl (C=O) groups is 2. The lowest BCUT2D eigenvalue weighted by Crippen LogP contribution is -2.29. The van der Waals surface area contributed by atoms with E-state index >= 15 is 0 Å². The molecule has 5 rings (SSSR count). The Morgan fingerprint density at radius 2 is 1.58 bits per heavy atom. The molecule has 1 saturated heterocycles. The second-order valence-electron chi connectivity index (χ2n) is 8.76. The van der Waals surface area contributed by atoms with E-state index in [1.54, 1.807) is 56.7 Å². The maximum absolute atomic E-state index is 13.5. The van der Waals surface area contributed by atoms with Crippen LogP contribution in [0.4, 0.5) is 5.69 Å². The van der Waals surface area contributed by atoms with Crippen LogP contribution in [0.5, 0.6) is 11.5 Å². The van der Waals surface area contributed by atoms with E-state index in [-0.39, 0.29) is 11.3 Å². The van der Waals surface area contributed by atoms with Gasteiger partial charge in [0.15, 0.2) is 0 Å². The second-order valence-corrected chi connectivity index (χ2v) is 8.76. The minimum atomic E-state index is -0.828. The average molecular weight is 483 g/mol. The van der Waals surface area contributed by atoms with Crippen molar-refractivity contribution in [3.8, 4) is 11.5 Å². The number of aromatic nitrogens is 1. The van der Waals surface area contributed by atoms with Gasteiger partial charge in [0.2, 0.25) is 0 Å². The van der Waals surface area contributed by atoms with Crippen molar-refractivity contribution in [1.29, 1.82) is 0 Å². The standard InChI is InChI=1S/C29H26N2O5/c1-17-15-20(36-4)13-14-21(17)27(32)25-26(23-16-30(2)24-8-6-5-7-22(23)24)31(29(34)28(25)33)18-9-11-19(35-3)12-10-18/h5-16,26,32H,1-4H3/b27-25+. The zero-order valence-corrected chi connectivity index (χ0v) is 20.5. The molecule has 1 amide bonds. The van der Waals surface area contributed by atoms with E-state index in [1.807, 2.05) is 49.0 Å². The Hall–Kier alpha value is -4.52. The van der Waals surface area contributed by atoms with E-state index in [9.17, 15) is 14.7 Å². The number of Topliss-reactive ketones (excluding diaryl/α,β-unsaturated/α-hetero) is 1. The monoisotopic (exact) mass is 482 g/mol. The summed E-state index contributed by atoms with van der Waals surface area (Å²) in [5, 5.41) is 12.4. The van der Waals surface area contributed by atoms with Crippen molar-refractivity contribution in [2.45, 2.75) is 13.0 Å². The van der Waals surface area contributed by atoms with Crippen molar-refractivity contribution in [2.75, 3.05) is 19.1 Å². The van der Waals surface area contributed by atoms with Gasteiger partial charge in [0, 0.05) is 41.0 Å². The zero-order chi connectivity index (χ0) is 25.6. The molecular formula is C29H26N2O5. The third kappa shape index (κ3) is 3.60. The van der Waals surface area contributed by atoms with Crippen LogP contribution in [-0.4, -0.2) is 35.6 Å². The molecule has 4 aromatic rings. The highest BCUT2D eigenvalue weighted by Gasteiger charge is 2.48. The molecule has 1 aliphatic rings. The van der Waals surface area contributed by atoms with Crippen molar-refractivity contribution in [1.82, 2.24) is 4.57 Å². The molecule has 0 bridgehead atoms. The van der Waals surface area contributed by atoms with Gasteiger partial charge in [-0.25, -0.2) is 0 Å². The molecule has 0 aliphatic carbocycles. The molecule has 1 unspecified atom stereocenters. The van der Waals surface area contributed by atoms with E-state index in [4.69, 9.17) is 9.47 Å². The van der Waals surface area contributed by atoms with E-state index in [0.717, 1.165) is 22.0 Å². The summed E-state index contributed by atoms with van der Waals surface area (Å²) < 4.78 is 12.5. The van der Waals surface area contributed by atoms with E-state index in [1.165, 1.54) is 4.90 Å². The number of hydrogen-bond acceptors (Lipinski definition) is 5. The van der Waals surface area contributed by atoms with Crippen molar-refractivity contribution >= 4 is 34.0 Å². The van der Waals surface area contributed by atoms with Crippen LogP contribution in [0.1, 0.15) is 22.7 Å². The van der Waals surface area contributed by atoms with Crippen molar-refractivity contribution in [3.05, 3.63) is 95.2 Å². The van der Waals surface area contributed by atoms with Gasteiger partial charge in [0.1, 0.15) is 17.3 Å². The molecule has 0 spiro atoms. The lowest BCUT2D eigenvalue weighted by molar-refractivity contribution is -0.132. The number of aliphatic hydroxyl groups is 1. The molecular weight excluding hydrogens is 456 g/mol. The first-order valence-corrected chi connectivity index (χ1v) is 11.5. The van der Waals surface area contributed by atoms with Crippen LogP contribution in [-0.2, 0) is 16.6 Å². The highest BCUT2D eigenvalue weighted by Crippen LogP contribution is 2.45. The lowest BCUT2D eigenvalue weighted by Gasteiger charge is -2.25. The summed E-state index contributed by atoms with van der Waals surface area (Å²) in [5.74, 6) is -0.399. The van der Waals surface area contributed by atoms with Gasteiger partial charge in [0.05, 0.1) is 25.8 Å². The first-order valence-electron chi connectivity index (χ1n) is 11.5. The molecule has 3 aromatic carbocycles. The number of fused-ring (bicyclic) bond motifs is 1. The van der Waals surface area contributed by atoms with E-state index < -0.39 is 17.7 Å². The quantitative estimate of drug-likeness (QED) is 0.242. The minimum Gasteiger partial charge on any atom is -0.507 e. The Morgan fingerprint density at radius 1 is 0.917 bits per heavy atom. The van der Waals surface area contributed by atoms with Gasteiger partial charge in [-0.2, -0.15) is 0 Å². The summed E-state index contributed by atoms with van der Waals surface area (Å²) in [6.07, 6.45) is 1.91. The van der Waals surface area contributed by atoms with E-state index in [0.29, 0.717) is 22.7 Å². The Kier molecular flexibility index (Phi) is 5.76. The SMILES string of the molecule is COc1ccc(N2C(=O)C(=O)/C(=C(/O)c3ccc(OC)cc3C)C2c2cn(C)c3ccccc23)cc1. The molecule has 1 fully saturated rings. The minimum absolute atomic E-state index is 0.0421. The van der Waals surface area contributed by atoms with E-state index in [2.05, 4.69) is 0 Å². The van der Waals surface area contributed by atoms with Crippen molar-refractivity contribution in [2.24, 2.45) is 7.05 Å². The van der Waals surface area contributed by atoms with Crippen LogP contribution >= 0.6 is 0 Å². The molecule has 1 N–H and O–H groups in total. The smallest absolute Gasteiger partial charge is 0.300 e. The second kappa shape index (κ2) is 8.92. The van der Waals surface area contributed by atoms with Gasteiger partial charge < -0.3 is 19.1 Å². The normalized spacial score (nSPS) is 17.1. The summed E-state index contributed by atoms with van der Waals surface area (Å²) in [4.78, 5) is 28.5. The summed E-state index contributed by atoms with van der Waals surface area (Å²) in [6, 6.07) is 19.1. The molecule has 36 heavy (non-hydrogen) atoms. The number of amides is 1. The predicted molar refractivity (Wildman–Crippen MR) is 138 cm³/mol. The maximum Gasteiger partial charge on any atom is 0.300 e. The summed E-state index contributed by atoms with van der Waals surface area (Å²) in [6.45, 7) is 1.82. The number of anilines is 1. The fraction of sp³-hybridized carbons (Fsp3) is 0.172. The number of methoxy groups -OCH3 is 2. The predicted octanol–water partition coefficient (Wildman–Crippen LogP) is 5.13. The van der Waals surface area contributed by atoms with Crippen molar-refractivity contribution in [3.63, 3.8) is 0 Å². The Bertz CT molecular complexity index is 1530. The number of aryl methyl sites for hydroxylation is 2. The lowest BCUT2D eigenvalue weighted by atomic mass is 9.93. The van der Waals surface area contributed by atoms with Gasteiger partial charge in [-0.05, 0) is 61.0 Å². The highest BCUT2D eigenvalue weighted by molar-refractivity contribution is 6.52. The molecule has 1 atom stereocenters. The fourth-order valence-corrected chi connectivity index (χ4v) is 4.90. The number of aliphatic hydroxyl groups excluding tert-OH is 1. The van der Waals surface area contributed by atoms with Gasteiger partial charge in [0.25, 0.3) is 11.7 Å². The third-order valence-corrected chi connectivity index (χ3v) is 6.71. The van der Waals surface area contributed by atoms with Crippen LogP contribution in [0.2, 0.25) is 0 Å². The summed E-state index contributed by atoms with van der Waals surface area (Å²) >= 11 is 0. The number of ketones is 1. The summed E-state index contributed by atoms with van der Waals surface area (Å²) in [7, 11) is 5.04. The van der Waals surface area contributed by atoms with Gasteiger partial charge in [-0.1, -0.05) is 18.2 Å². The topological polar surface area (TPSA) is 81.0 Å². The number of rotatable bonds is 5. The number of hydrogen-bond donors (Lipinski definition) is 1. The molecule has 182 valence electrons. The Balaban J connectivity index is 1.78. The number of benzene rings is 3. The first-order chi connectivity index (χ1) is 17.3. The number of carbonyl (C=O) groups excluding carboxylic acids is 2. The average Bonchev–Trinajstić information content (AvgIpc) is 3.36. The van der Waals surface area contributed by atoms with Gasteiger partial charge in [-0.3, -0.25) is 14.5 Å². The fourth-order valence-electron chi connectivity index (χ4n) is 4.90. The van der Waals surface area contributed by atoms with Crippen LogP contribution in [0, 0.1) is 6.92 Å². The number of nitrogens with zero attached hydrogens (tertiary/aromatic N) is 2. The van der Waals surface area contributed by atoms with Gasteiger partial charge >= 0.3 is 0 Å². The van der Waals surface area contributed by atoms with Crippen LogP contribution in [0.15, 0.2) is 78.5 Å². The third-order valence-electron chi connectivity index (χ3n) is 6.71. The van der Waals surface area contributed by atoms with Crippen LogP contribution in [0.3, 0.4) is 0 Å². The maximum atomic E-state index is 13.5. The molecule has 0 radical (unpaired) electrons. The molecule has 7 nitrogen and oxygen atoms in total. The number of ether oxygens (including phenoxy) is 2. The van der Waals surface area contributed by atoms with Gasteiger partial charge in [-0.15, -0.1) is 0 Å². The Morgan fingerprint density at radius 3 is 2.25 bits per heavy atom. The summed E-state index contributed by atoms with van der Waals surface area (Å²) in [5.41, 5.74) is 3.46. The zero-order valence-electron chi connectivity index (χ0n) is 20.5. The molecule has 1 aromatic heterocycles. The highest BCUT2D eigenvalue weighted by atomic mass is 16.5. The molecule has 0 saturated carbocycles. The molecule has 1 aliphatic heterocycles. The van der Waals surface area contributed by atoms with Crippen LogP contribution < -0.4 is 14.4 Å². The molecule has 2 heterocycles. The van der Waals surface area contributed by atoms with Crippen molar-refractivity contribution < 1.29 is 24.2 Å². The number of para-hydroxylation sites is 1. The first kappa shape index (κ1) is 23.2. The van der Waals surface area contributed by atoms with Crippen LogP contribution in [0.25, 0.3) is 16.7 Å². The largest absolute Gasteiger partial charge is 0.507 e.